The van der Waals surface area contributed by atoms with Crippen LogP contribution in [-0.4, -0.2) is 26.8 Å². The van der Waals surface area contributed by atoms with Crippen LogP contribution in [0.25, 0.3) is 0 Å². The number of aromatic nitrogens is 3. The third kappa shape index (κ3) is 5.18. The van der Waals surface area contributed by atoms with Crippen molar-refractivity contribution in [2.24, 2.45) is 0 Å². The highest BCUT2D eigenvalue weighted by atomic mass is 35.5. The highest BCUT2D eigenvalue weighted by molar-refractivity contribution is 6.35. The Bertz CT molecular complexity index is 1150. The number of rotatable bonds is 6. The Morgan fingerprint density at radius 2 is 1.97 bits per heavy atom. The smallest absolute Gasteiger partial charge is 0.382 e. The van der Waals surface area contributed by atoms with Crippen LogP contribution in [0, 0.1) is 6.92 Å². The summed E-state index contributed by atoms with van der Waals surface area (Å²) in [7, 11) is 0. The summed E-state index contributed by atoms with van der Waals surface area (Å²) in [4.78, 5) is 32.0. The van der Waals surface area contributed by atoms with E-state index in [0.29, 0.717) is 0 Å². The summed E-state index contributed by atoms with van der Waals surface area (Å²) in [6.07, 6.45) is -3.37. The van der Waals surface area contributed by atoms with Crippen LogP contribution in [0.5, 0.6) is 0 Å². The maximum atomic E-state index is 13.0. The van der Waals surface area contributed by atoms with E-state index in [1.54, 1.807) is 0 Å². The van der Waals surface area contributed by atoms with Gasteiger partial charge in [0.25, 0.3) is 5.91 Å². The van der Waals surface area contributed by atoms with Gasteiger partial charge in [0.2, 0.25) is 5.76 Å². The summed E-state index contributed by atoms with van der Waals surface area (Å²) in [6, 6.07) is 4.72. The largest absolute Gasteiger partial charge is 0.416 e. The molecule has 3 rings (SSSR count). The lowest BCUT2D eigenvalue weighted by atomic mass is 10.1. The maximum Gasteiger partial charge on any atom is 0.416 e. The molecular formula is C19H15ClF3N5O3. The molecule has 0 atom stereocenters. The quantitative estimate of drug-likeness (QED) is 0.538. The number of Topliss-reactive ketones (excluding diaryl/α,β-unsaturated/α-hetero) is 1. The first-order chi connectivity index (χ1) is 14.6. The number of anilines is 2. The number of nitrogens with two attached hydrogens (primary N) is 1. The Kier molecular flexibility index (Phi) is 6.25. The third-order valence-electron chi connectivity index (χ3n) is 4.27. The average molecular weight is 454 g/mol. The zero-order valence-corrected chi connectivity index (χ0v) is 16.7. The Morgan fingerprint density at radius 1 is 1.23 bits per heavy atom. The van der Waals surface area contributed by atoms with Crippen LogP contribution in [0.3, 0.4) is 0 Å². The number of hydrogen-bond acceptors (Lipinski definition) is 7. The van der Waals surface area contributed by atoms with Gasteiger partial charge >= 0.3 is 6.18 Å². The van der Waals surface area contributed by atoms with Crippen LogP contribution in [0.15, 0.2) is 35.1 Å². The van der Waals surface area contributed by atoms with Crippen LogP contribution in [-0.2, 0) is 12.6 Å². The first-order valence-electron chi connectivity index (χ1n) is 8.80. The van der Waals surface area contributed by atoms with Crippen molar-refractivity contribution in [1.82, 2.24) is 15.1 Å². The van der Waals surface area contributed by atoms with Gasteiger partial charge in [-0.3, -0.25) is 9.59 Å². The lowest BCUT2D eigenvalue weighted by molar-refractivity contribution is -0.138. The van der Waals surface area contributed by atoms with Crippen molar-refractivity contribution in [2.75, 3.05) is 11.1 Å². The van der Waals surface area contributed by atoms with E-state index in [4.69, 9.17) is 21.9 Å². The summed E-state index contributed by atoms with van der Waals surface area (Å²) in [5.41, 5.74) is 4.92. The van der Waals surface area contributed by atoms with Gasteiger partial charge in [-0.15, -0.1) is 0 Å². The lowest BCUT2D eigenvalue weighted by Gasteiger charge is -2.12. The number of nitrogen functional groups attached to an aromatic ring is 1. The number of alkyl halides is 3. The van der Waals surface area contributed by atoms with E-state index in [1.165, 1.54) is 25.1 Å². The second-order valence-electron chi connectivity index (χ2n) is 6.51. The van der Waals surface area contributed by atoms with E-state index in [0.717, 1.165) is 12.4 Å². The van der Waals surface area contributed by atoms with Crippen molar-refractivity contribution in [3.63, 3.8) is 0 Å². The maximum absolute atomic E-state index is 13.0. The van der Waals surface area contributed by atoms with Crippen molar-refractivity contribution < 1.29 is 27.3 Å². The second-order valence-corrected chi connectivity index (χ2v) is 6.89. The number of carbonyl (C=O) groups is 2. The molecule has 2 heterocycles. The molecule has 0 fully saturated rings. The number of nitrogens with zero attached hydrogens (tertiary/aromatic N) is 3. The van der Waals surface area contributed by atoms with Crippen LogP contribution >= 0.6 is 11.6 Å². The molecule has 0 saturated heterocycles. The summed E-state index contributed by atoms with van der Waals surface area (Å²) in [6.45, 7) is 1.32. The summed E-state index contributed by atoms with van der Waals surface area (Å²) >= 11 is 5.91. The van der Waals surface area contributed by atoms with E-state index in [9.17, 15) is 22.8 Å². The van der Waals surface area contributed by atoms with Gasteiger partial charge in [0.05, 0.1) is 11.3 Å². The predicted octanol–water partition coefficient (Wildman–Crippen LogP) is 4.10. The molecule has 3 N–H and O–H groups in total. The minimum atomic E-state index is -4.55. The molecule has 162 valence electrons. The molecule has 1 amide bonds. The van der Waals surface area contributed by atoms with Crippen molar-refractivity contribution in [3.8, 4) is 0 Å². The molecule has 0 bridgehead atoms. The number of hydrogen-bond donors (Lipinski definition) is 2. The molecule has 0 aliphatic rings. The highest BCUT2D eigenvalue weighted by Crippen LogP contribution is 2.33. The number of benzene rings is 1. The fourth-order valence-electron chi connectivity index (χ4n) is 2.67. The Labute approximate surface area is 178 Å². The van der Waals surface area contributed by atoms with Gasteiger partial charge in [-0.2, -0.15) is 13.2 Å². The number of carbonyl (C=O) groups excluding carboxylic acids is 2. The molecule has 0 aliphatic carbocycles. The molecule has 12 heteroatoms. The number of aryl methyl sites for hydroxylation is 2. The minimum absolute atomic E-state index is 0.0230. The van der Waals surface area contributed by atoms with Crippen LogP contribution in [0.2, 0.25) is 5.02 Å². The minimum Gasteiger partial charge on any atom is -0.382 e. The van der Waals surface area contributed by atoms with Crippen LogP contribution < -0.4 is 11.1 Å². The molecule has 31 heavy (non-hydrogen) atoms. The van der Waals surface area contributed by atoms with E-state index in [2.05, 4.69) is 20.4 Å². The van der Waals surface area contributed by atoms with Crippen molar-refractivity contribution >= 4 is 34.8 Å². The van der Waals surface area contributed by atoms with Gasteiger partial charge in [-0.1, -0.05) is 22.8 Å². The van der Waals surface area contributed by atoms with Crippen molar-refractivity contribution in [3.05, 3.63) is 63.9 Å². The molecule has 0 unspecified atom stereocenters. The van der Waals surface area contributed by atoms with Gasteiger partial charge in [0.1, 0.15) is 22.9 Å². The standard InChI is InChI=1S/C19H15ClF3N5O3/c1-9-2-3-10(6-12(9)19(21,22)23)27-18(30)14-7-11(28-31-14)4-5-13(29)16-15(20)17(24)26-8-25-16/h2-3,6-8H,4-5H2,1H3,(H,27,30)(H2,24,25,26). The normalized spacial score (nSPS) is 11.4. The van der Waals surface area contributed by atoms with E-state index in [-0.39, 0.29) is 52.1 Å². The first-order valence-corrected chi connectivity index (χ1v) is 9.18. The lowest BCUT2D eigenvalue weighted by Crippen LogP contribution is -2.13. The molecule has 1 aromatic carbocycles. The molecule has 0 radical (unpaired) electrons. The fraction of sp³-hybridized carbons (Fsp3) is 0.211. The van der Waals surface area contributed by atoms with E-state index >= 15 is 0 Å². The Hall–Kier alpha value is -3.47. The zero-order valence-electron chi connectivity index (χ0n) is 16.0. The summed E-state index contributed by atoms with van der Waals surface area (Å²) < 4.78 is 44.0. The predicted molar refractivity (Wildman–Crippen MR) is 105 cm³/mol. The SMILES string of the molecule is Cc1ccc(NC(=O)c2cc(CCC(=O)c3ncnc(N)c3Cl)no2)cc1C(F)(F)F. The molecule has 0 saturated carbocycles. The van der Waals surface area contributed by atoms with Gasteiger partial charge in [-0.25, -0.2) is 9.97 Å². The van der Waals surface area contributed by atoms with Gasteiger partial charge in [0.15, 0.2) is 5.78 Å². The summed E-state index contributed by atoms with van der Waals surface area (Å²) in [5.74, 6) is -1.44. The van der Waals surface area contributed by atoms with Gasteiger partial charge < -0.3 is 15.6 Å². The molecule has 0 spiro atoms. The Balaban J connectivity index is 1.65. The van der Waals surface area contributed by atoms with Crippen LogP contribution in [0.4, 0.5) is 24.7 Å². The average Bonchev–Trinajstić information content (AvgIpc) is 3.18. The zero-order chi connectivity index (χ0) is 22.8. The monoisotopic (exact) mass is 453 g/mol. The number of nitrogens with one attached hydrogen (secondary N) is 1. The molecular weight excluding hydrogens is 439 g/mol. The number of ketones is 1. The fourth-order valence-corrected chi connectivity index (χ4v) is 2.88. The molecule has 0 aliphatic heterocycles. The van der Waals surface area contributed by atoms with E-state index in [1.807, 2.05) is 0 Å². The molecule has 2 aromatic heterocycles. The highest BCUT2D eigenvalue weighted by Gasteiger charge is 2.32. The van der Waals surface area contributed by atoms with Gasteiger partial charge in [0, 0.05) is 24.6 Å². The topological polar surface area (TPSA) is 124 Å². The number of halogens is 4. The van der Waals surface area contributed by atoms with E-state index < -0.39 is 23.4 Å². The number of amides is 1. The summed E-state index contributed by atoms with van der Waals surface area (Å²) in [5, 5.41) is 5.97. The second kappa shape index (κ2) is 8.72. The van der Waals surface area contributed by atoms with Crippen LogP contribution in [0.1, 0.15) is 44.3 Å². The third-order valence-corrected chi connectivity index (χ3v) is 4.64. The van der Waals surface area contributed by atoms with Crippen molar-refractivity contribution in [1.29, 1.82) is 0 Å². The Morgan fingerprint density at radius 3 is 2.68 bits per heavy atom. The van der Waals surface area contributed by atoms with Crippen molar-refractivity contribution in [2.45, 2.75) is 25.9 Å². The van der Waals surface area contributed by atoms with Gasteiger partial charge in [-0.05, 0) is 24.6 Å². The molecule has 8 nitrogen and oxygen atoms in total. The first kappa shape index (κ1) is 22.2. The molecule has 3 aromatic rings.